The molecule has 1 aliphatic carbocycles. The third-order valence-corrected chi connectivity index (χ3v) is 13.6. The summed E-state index contributed by atoms with van der Waals surface area (Å²) in [6, 6.07) is 12.9. The van der Waals surface area contributed by atoms with Crippen molar-refractivity contribution in [3.05, 3.63) is 87.4 Å². The fourth-order valence-electron chi connectivity index (χ4n) is 10.4. The summed E-state index contributed by atoms with van der Waals surface area (Å²) in [5.41, 5.74) is 0.322. The molecule has 4 fully saturated rings. The summed E-state index contributed by atoms with van der Waals surface area (Å²) >= 11 is 6.22. The van der Waals surface area contributed by atoms with Crippen LogP contribution in [0.25, 0.3) is 0 Å². The van der Waals surface area contributed by atoms with Crippen molar-refractivity contribution in [2.45, 2.75) is 71.6 Å². The minimum atomic E-state index is -1.01. The molecule has 3 aromatic carbocycles. The summed E-state index contributed by atoms with van der Waals surface area (Å²) in [6.07, 6.45) is 1.32. The molecule has 5 amide bonds. The molecule has 61 heavy (non-hydrogen) atoms. The summed E-state index contributed by atoms with van der Waals surface area (Å²) in [6.45, 7) is 12.6. The molecule has 0 aromatic heterocycles. The zero-order valence-corrected chi connectivity index (χ0v) is 35.3. The quantitative estimate of drug-likeness (QED) is 0.262. The third kappa shape index (κ3) is 7.69. The summed E-state index contributed by atoms with van der Waals surface area (Å²) < 4.78 is 37.7. The van der Waals surface area contributed by atoms with E-state index < -0.39 is 58.0 Å². The van der Waals surface area contributed by atoms with Gasteiger partial charge in [-0.25, -0.2) is 8.78 Å². The van der Waals surface area contributed by atoms with E-state index >= 15 is 8.78 Å². The van der Waals surface area contributed by atoms with Gasteiger partial charge in [0, 0.05) is 86.4 Å². The number of ether oxygens (including phenoxy) is 1. The predicted octanol–water partition coefficient (Wildman–Crippen LogP) is 5.54. The summed E-state index contributed by atoms with van der Waals surface area (Å²) in [7, 11) is 0. The minimum absolute atomic E-state index is 0.0595. The van der Waals surface area contributed by atoms with E-state index in [0.29, 0.717) is 43.4 Å². The van der Waals surface area contributed by atoms with Gasteiger partial charge >= 0.3 is 0 Å². The second-order valence-electron chi connectivity index (χ2n) is 18.0. The Labute approximate surface area is 357 Å². The summed E-state index contributed by atoms with van der Waals surface area (Å²) in [4.78, 5) is 71.2. The number of piperidine rings is 2. The number of imide groups is 2. The smallest absolute Gasteiger partial charge is 0.262 e. The Morgan fingerprint density at radius 2 is 1.52 bits per heavy atom. The van der Waals surface area contributed by atoms with E-state index in [2.05, 4.69) is 20.4 Å². The second-order valence-corrected chi connectivity index (χ2v) is 18.4. The van der Waals surface area contributed by atoms with Gasteiger partial charge in [-0.3, -0.25) is 39.1 Å². The number of fused-ring (bicyclic) bond motifs is 1. The Kier molecular flexibility index (Phi) is 11.1. The molecule has 2 N–H and O–H groups in total. The molecule has 1 saturated carbocycles. The molecular formula is C45H48ClF2N7O6. The molecule has 4 aliphatic heterocycles. The highest BCUT2D eigenvalue weighted by atomic mass is 35.5. The monoisotopic (exact) mass is 855 g/mol. The highest BCUT2D eigenvalue weighted by molar-refractivity contribution is 6.31. The molecule has 8 rings (SSSR count). The van der Waals surface area contributed by atoms with Crippen molar-refractivity contribution in [2.24, 2.45) is 16.7 Å². The lowest BCUT2D eigenvalue weighted by atomic mass is 9.49. The molecule has 0 spiro atoms. The number of anilines is 2. The van der Waals surface area contributed by atoms with Gasteiger partial charge in [0.25, 0.3) is 17.7 Å². The van der Waals surface area contributed by atoms with Crippen LogP contribution in [-0.4, -0.2) is 103 Å². The van der Waals surface area contributed by atoms with Crippen LogP contribution in [0.4, 0.5) is 20.2 Å². The van der Waals surface area contributed by atoms with Crippen LogP contribution in [0.15, 0.2) is 48.5 Å². The van der Waals surface area contributed by atoms with Crippen molar-refractivity contribution in [2.75, 3.05) is 55.6 Å². The molecule has 4 heterocycles. The van der Waals surface area contributed by atoms with E-state index in [1.165, 1.54) is 0 Å². The van der Waals surface area contributed by atoms with Gasteiger partial charge in [-0.05, 0) is 67.6 Å². The van der Waals surface area contributed by atoms with Gasteiger partial charge in [0.2, 0.25) is 11.8 Å². The van der Waals surface area contributed by atoms with Gasteiger partial charge in [0.05, 0.1) is 21.7 Å². The standard InChI is InChI=1S/C45H48ClF2N7O6/c1-44(2)42(45(3,4)43(44)61-29-7-5-26(23-49)32(46)22-29)51-38(57)27-19-33(47)37(34(48)20-27)54-13-11-25(12-14-54)24-52-15-17-53(18-16-52)28-6-8-30-31(21-28)41(60)55(40(30)59)35-9-10-36(56)50-39(35)58/h5-8,19-22,25,35,42-43H,9-18,24H2,1-4H3,(H,51,57)(H,50,56,58)/t35?,42-,43-. The second kappa shape index (κ2) is 16.0. The number of nitrogens with zero attached hydrogens (tertiary/aromatic N) is 5. The number of carbonyl (C=O) groups excluding carboxylic acids is 5. The molecule has 13 nitrogen and oxygen atoms in total. The van der Waals surface area contributed by atoms with Crippen LogP contribution in [0.5, 0.6) is 5.75 Å². The first-order chi connectivity index (χ1) is 29.0. The van der Waals surface area contributed by atoms with Crippen LogP contribution in [0, 0.1) is 39.7 Å². The van der Waals surface area contributed by atoms with E-state index in [4.69, 9.17) is 16.3 Å². The van der Waals surface area contributed by atoms with Crippen LogP contribution in [0.2, 0.25) is 5.02 Å². The van der Waals surface area contributed by atoms with Crippen molar-refractivity contribution >= 4 is 52.5 Å². The Bertz CT molecular complexity index is 2330. The Hall–Kier alpha value is -5.59. The number of amides is 5. The molecular weight excluding hydrogens is 808 g/mol. The Morgan fingerprint density at radius 1 is 0.869 bits per heavy atom. The first-order valence-corrected chi connectivity index (χ1v) is 21.1. The first kappa shape index (κ1) is 42.1. The topological polar surface area (TPSA) is 155 Å². The number of hydrogen-bond donors (Lipinski definition) is 2. The number of benzene rings is 3. The minimum Gasteiger partial charge on any atom is -0.489 e. The maximum absolute atomic E-state index is 15.7. The molecule has 5 aliphatic rings. The van der Waals surface area contributed by atoms with Crippen molar-refractivity contribution in [1.82, 2.24) is 20.4 Å². The molecule has 0 bridgehead atoms. The number of rotatable bonds is 9. The van der Waals surface area contributed by atoms with Gasteiger partial charge in [-0.15, -0.1) is 0 Å². The molecule has 1 unspecified atom stereocenters. The largest absolute Gasteiger partial charge is 0.489 e. The number of hydrogen-bond acceptors (Lipinski definition) is 10. The summed E-state index contributed by atoms with van der Waals surface area (Å²) in [5, 5.41) is 14.7. The molecule has 0 radical (unpaired) electrons. The van der Waals surface area contributed by atoms with E-state index in [1.54, 1.807) is 35.2 Å². The van der Waals surface area contributed by atoms with Crippen molar-refractivity contribution in [3.8, 4) is 11.8 Å². The summed E-state index contributed by atoms with van der Waals surface area (Å²) in [5.74, 6) is -3.45. The average Bonchev–Trinajstić information content (AvgIpc) is 3.47. The SMILES string of the molecule is CC1(C)[C@H](NC(=O)c2cc(F)c(N3CCC(CN4CCN(c5ccc6c(c5)C(=O)N(C5CCC(=O)NC5=O)C6=O)CC4)CC3)c(F)c2)C(C)(C)[C@H]1Oc1ccc(C#N)c(Cl)c1. The van der Waals surface area contributed by atoms with Gasteiger partial charge in [-0.1, -0.05) is 39.3 Å². The van der Waals surface area contributed by atoms with Gasteiger partial charge in [-0.2, -0.15) is 5.26 Å². The fraction of sp³-hybridized carbons (Fsp3) is 0.467. The normalized spacial score (nSPS) is 23.9. The van der Waals surface area contributed by atoms with Gasteiger partial charge < -0.3 is 19.9 Å². The zero-order chi connectivity index (χ0) is 43.5. The molecule has 16 heteroatoms. The molecule has 1 atom stereocenters. The van der Waals surface area contributed by atoms with E-state index in [0.717, 1.165) is 55.2 Å². The van der Waals surface area contributed by atoms with Crippen molar-refractivity contribution in [3.63, 3.8) is 0 Å². The van der Waals surface area contributed by atoms with Gasteiger partial charge in [0.15, 0.2) is 0 Å². The Balaban J connectivity index is 0.820. The molecule has 3 aromatic rings. The van der Waals surface area contributed by atoms with E-state index in [9.17, 15) is 29.2 Å². The third-order valence-electron chi connectivity index (χ3n) is 13.3. The van der Waals surface area contributed by atoms with E-state index in [1.807, 2.05) is 39.8 Å². The lowest BCUT2D eigenvalue weighted by Crippen LogP contribution is -2.74. The van der Waals surface area contributed by atoms with Crippen LogP contribution < -0.4 is 25.2 Å². The average molecular weight is 856 g/mol. The number of nitrogens with one attached hydrogen (secondary N) is 2. The van der Waals surface area contributed by atoms with Crippen LogP contribution in [-0.2, 0) is 9.59 Å². The van der Waals surface area contributed by atoms with Gasteiger partial charge in [0.1, 0.15) is 41.3 Å². The predicted molar refractivity (Wildman–Crippen MR) is 222 cm³/mol. The number of halogens is 3. The first-order valence-electron chi connectivity index (χ1n) is 20.7. The number of carbonyl (C=O) groups is 5. The highest BCUT2D eigenvalue weighted by Gasteiger charge is 2.64. The van der Waals surface area contributed by atoms with Crippen LogP contribution in [0.1, 0.15) is 90.0 Å². The van der Waals surface area contributed by atoms with Crippen molar-refractivity contribution in [1.29, 1.82) is 5.26 Å². The molecule has 320 valence electrons. The molecule has 3 saturated heterocycles. The number of nitriles is 1. The zero-order valence-electron chi connectivity index (χ0n) is 34.5. The number of piperazine rings is 1. The van der Waals surface area contributed by atoms with Crippen molar-refractivity contribution < 1.29 is 37.5 Å². The Morgan fingerprint density at radius 3 is 2.15 bits per heavy atom. The lowest BCUT2D eigenvalue weighted by Gasteiger charge is -2.63. The fourth-order valence-corrected chi connectivity index (χ4v) is 10.6. The highest BCUT2D eigenvalue weighted by Crippen LogP contribution is 2.55. The maximum Gasteiger partial charge on any atom is 0.262 e. The lowest BCUT2D eigenvalue weighted by molar-refractivity contribution is -0.164. The van der Waals surface area contributed by atoms with Crippen LogP contribution >= 0.6 is 11.6 Å². The van der Waals surface area contributed by atoms with E-state index in [-0.39, 0.29) is 52.4 Å². The maximum atomic E-state index is 15.7. The van der Waals surface area contributed by atoms with Crippen LogP contribution in [0.3, 0.4) is 0 Å².